The molecule has 0 aliphatic rings. The third-order valence-electron chi connectivity index (χ3n) is 3.63. The lowest BCUT2D eigenvalue weighted by molar-refractivity contribution is -0.384. The summed E-state index contributed by atoms with van der Waals surface area (Å²) in [6, 6.07) is 8.48. The molecule has 160 valence electrons. The number of hydrogen-bond donors (Lipinski definition) is 1. The van der Waals surface area contributed by atoms with Crippen LogP contribution in [0.4, 0.5) is 11.4 Å². The molecule has 0 bridgehead atoms. The van der Waals surface area contributed by atoms with Crippen molar-refractivity contribution < 1.29 is 28.7 Å². The van der Waals surface area contributed by atoms with Crippen molar-refractivity contribution in [1.82, 2.24) is 0 Å². The van der Waals surface area contributed by atoms with Gasteiger partial charge in [-0.15, -0.1) is 0 Å². The molecule has 0 saturated heterocycles. The fraction of sp³-hybridized carbons (Fsp3) is 0.263. The molecule has 9 nitrogen and oxygen atoms in total. The standard InChI is InChI=1S/C19H18Cl2N2O7/c1-3-28-13-5-6-15(16(9-13)23(26)27)22-18(24)10-29-19(25)11(2)30-17-7-4-12(20)8-14(17)21/h4-9,11H,3,10H2,1-2H3,(H,22,24). The van der Waals surface area contributed by atoms with Gasteiger partial charge in [0.05, 0.1) is 22.6 Å². The van der Waals surface area contributed by atoms with Crippen LogP contribution >= 0.6 is 23.2 Å². The van der Waals surface area contributed by atoms with Crippen molar-refractivity contribution in [2.24, 2.45) is 0 Å². The SMILES string of the molecule is CCOc1ccc(NC(=O)COC(=O)C(C)Oc2ccc(Cl)cc2Cl)c([N+](=O)[O-])c1. The van der Waals surface area contributed by atoms with Crippen LogP contribution in [0.15, 0.2) is 36.4 Å². The van der Waals surface area contributed by atoms with Crippen LogP contribution in [0.5, 0.6) is 11.5 Å². The number of carbonyl (C=O) groups is 2. The molecule has 0 spiro atoms. The number of nitrogens with one attached hydrogen (secondary N) is 1. The highest BCUT2D eigenvalue weighted by Gasteiger charge is 2.21. The summed E-state index contributed by atoms with van der Waals surface area (Å²) in [4.78, 5) is 34.7. The summed E-state index contributed by atoms with van der Waals surface area (Å²) in [5, 5.41) is 14.2. The third-order valence-corrected chi connectivity index (χ3v) is 4.16. The first-order chi connectivity index (χ1) is 14.2. The maximum absolute atomic E-state index is 12.1. The van der Waals surface area contributed by atoms with Crippen LogP contribution in [0.25, 0.3) is 0 Å². The molecule has 2 aromatic rings. The number of amides is 1. The summed E-state index contributed by atoms with van der Waals surface area (Å²) >= 11 is 11.8. The summed E-state index contributed by atoms with van der Waals surface area (Å²) < 4.78 is 15.5. The summed E-state index contributed by atoms with van der Waals surface area (Å²) in [6.45, 7) is 2.83. The molecule has 0 aliphatic carbocycles. The zero-order valence-corrected chi connectivity index (χ0v) is 17.5. The van der Waals surface area contributed by atoms with Crippen LogP contribution in [0.2, 0.25) is 10.0 Å². The number of esters is 1. The van der Waals surface area contributed by atoms with E-state index in [0.29, 0.717) is 17.4 Å². The van der Waals surface area contributed by atoms with E-state index in [9.17, 15) is 19.7 Å². The average molecular weight is 457 g/mol. The van der Waals surface area contributed by atoms with E-state index >= 15 is 0 Å². The van der Waals surface area contributed by atoms with Crippen molar-refractivity contribution >= 4 is 46.5 Å². The average Bonchev–Trinajstić information content (AvgIpc) is 2.69. The first kappa shape index (κ1) is 23.2. The molecule has 0 aromatic heterocycles. The normalized spacial score (nSPS) is 11.3. The largest absolute Gasteiger partial charge is 0.494 e. The van der Waals surface area contributed by atoms with Crippen LogP contribution < -0.4 is 14.8 Å². The summed E-state index contributed by atoms with van der Waals surface area (Å²) in [5.74, 6) is -1.06. The van der Waals surface area contributed by atoms with Crippen molar-refractivity contribution in [2.45, 2.75) is 20.0 Å². The lowest BCUT2D eigenvalue weighted by Crippen LogP contribution is -2.30. The van der Waals surface area contributed by atoms with E-state index in [1.54, 1.807) is 6.92 Å². The van der Waals surface area contributed by atoms with Gasteiger partial charge < -0.3 is 19.5 Å². The Labute approximate surface area is 182 Å². The minimum atomic E-state index is -1.06. The monoisotopic (exact) mass is 456 g/mol. The molecule has 2 rings (SSSR count). The third kappa shape index (κ3) is 6.50. The second-order valence-corrected chi connectivity index (χ2v) is 6.70. The van der Waals surface area contributed by atoms with Gasteiger partial charge >= 0.3 is 5.97 Å². The molecule has 1 atom stereocenters. The van der Waals surface area contributed by atoms with Crippen molar-refractivity contribution in [3.63, 3.8) is 0 Å². The van der Waals surface area contributed by atoms with E-state index < -0.39 is 29.5 Å². The number of nitrogens with zero attached hydrogens (tertiary/aromatic N) is 1. The molecule has 0 fully saturated rings. The Balaban J connectivity index is 1.93. The van der Waals surface area contributed by atoms with Gasteiger partial charge in [0, 0.05) is 5.02 Å². The number of nitro groups is 1. The summed E-state index contributed by atoms with van der Waals surface area (Å²) in [6.07, 6.45) is -1.06. The fourth-order valence-corrected chi connectivity index (χ4v) is 2.73. The summed E-state index contributed by atoms with van der Waals surface area (Å²) in [7, 11) is 0. The molecule has 1 N–H and O–H groups in total. The first-order valence-electron chi connectivity index (χ1n) is 8.70. The number of anilines is 1. The first-order valence-corrected chi connectivity index (χ1v) is 9.46. The quantitative estimate of drug-likeness (QED) is 0.340. The van der Waals surface area contributed by atoms with Gasteiger partial charge in [0.25, 0.3) is 11.6 Å². The molecular weight excluding hydrogens is 439 g/mol. The Morgan fingerprint density at radius 1 is 1.20 bits per heavy atom. The Kier molecular flexibility index (Phi) is 8.25. The number of carbonyl (C=O) groups excluding carboxylic acids is 2. The molecule has 0 saturated carbocycles. The van der Waals surface area contributed by atoms with Gasteiger partial charge in [0.2, 0.25) is 0 Å². The topological polar surface area (TPSA) is 117 Å². The number of nitro benzene ring substituents is 1. The summed E-state index contributed by atoms with van der Waals surface area (Å²) in [5.41, 5.74) is -0.406. The maximum atomic E-state index is 12.1. The smallest absolute Gasteiger partial charge is 0.347 e. The van der Waals surface area contributed by atoms with Crippen LogP contribution in [-0.2, 0) is 14.3 Å². The Bertz CT molecular complexity index is 952. The molecule has 2 aromatic carbocycles. The van der Waals surface area contributed by atoms with Crippen LogP contribution in [0.1, 0.15) is 13.8 Å². The predicted molar refractivity (Wildman–Crippen MR) is 110 cm³/mol. The fourth-order valence-electron chi connectivity index (χ4n) is 2.27. The van der Waals surface area contributed by atoms with Crippen molar-refractivity contribution in [2.75, 3.05) is 18.5 Å². The Morgan fingerprint density at radius 3 is 2.57 bits per heavy atom. The molecule has 0 heterocycles. The molecule has 0 radical (unpaired) electrons. The highest BCUT2D eigenvalue weighted by atomic mass is 35.5. The lowest BCUT2D eigenvalue weighted by Gasteiger charge is -2.15. The van der Waals surface area contributed by atoms with Gasteiger partial charge in [-0.05, 0) is 44.2 Å². The molecule has 30 heavy (non-hydrogen) atoms. The molecule has 11 heteroatoms. The van der Waals surface area contributed by atoms with E-state index in [1.165, 1.54) is 43.3 Å². The van der Waals surface area contributed by atoms with Gasteiger partial charge in [-0.1, -0.05) is 23.2 Å². The van der Waals surface area contributed by atoms with Crippen molar-refractivity contribution in [1.29, 1.82) is 0 Å². The minimum Gasteiger partial charge on any atom is -0.494 e. The Morgan fingerprint density at radius 2 is 1.93 bits per heavy atom. The Hall–Kier alpha value is -3.04. The van der Waals surface area contributed by atoms with E-state index in [4.69, 9.17) is 37.4 Å². The van der Waals surface area contributed by atoms with Gasteiger partial charge in [0.1, 0.15) is 17.2 Å². The molecule has 1 amide bonds. The van der Waals surface area contributed by atoms with Crippen LogP contribution in [0, 0.1) is 10.1 Å². The van der Waals surface area contributed by atoms with Gasteiger partial charge in [-0.2, -0.15) is 0 Å². The van der Waals surface area contributed by atoms with E-state index in [0.717, 1.165) is 0 Å². The minimum absolute atomic E-state index is 0.0539. The highest BCUT2D eigenvalue weighted by molar-refractivity contribution is 6.35. The van der Waals surface area contributed by atoms with E-state index in [-0.39, 0.29) is 22.1 Å². The van der Waals surface area contributed by atoms with Crippen molar-refractivity contribution in [3.05, 3.63) is 56.6 Å². The van der Waals surface area contributed by atoms with Gasteiger partial charge in [-0.3, -0.25) is 14.9 Å². The van der Waals surface area contributed by atoms with Crippen molar-refractivity contribution in [3.8, 4) is 11.5 Å². The number of hydrogen-bond acceptors (Lipinski definition) is 7. The van der Waals surface area contributed by atoms with Gasteiger partial charge in [0.15, 0.2) is 12.7 Å². The highest BCUT2D eigenvalue weighted by Crippen LogP contribution is 2.30. The number of rotatable bonds is 9. The zero-order chi connectivity index (χ0) is 22.3. The van der Waals surface area contributed by atoms with Crippen LogP contribution in [0.3, 0.4) is 0 Å². The number of ether oxygens (including phenoxy) is 3. The lowest BCUT2D eigenvalue weighted by atomic mass is 10.2. The molecular formula is C19H18Cl2N2O7. The number of halogens is 2. The second-order valence-electron chi connectivity index (χ2n) is 5.86. The zero-order valence-electron chi connectivity index (χ0n) is 16.0. The van der Waals surface area contributed by atoms with Gasteiger partial charge in [-0.25, -0.2) is 4.79 Å². The molecule has 1 unspecified atom stereocenters. The maximum Gasteiger partial charge on any atom is 0.347 e. The van der Waals surface area contributed by atoms with E-state index in [2.05, 4.69) is 5.32 Å². The molecule has 0 aliphatic heterocycles. The second kappa shape index (κ2) is 10.7. The number of benzene rings is 2. The predicted octanol–water partition coefficient (Wildman–Crippen LogP) is 4.25. The van der Waals surface area contributed by atoms with Crippen LogP contribution in [-0.4, -0.2) is 36.1 Å². The van der Waals surface area contributed by atoms with E-state index in [1.807, 2.05) is 0 Å².